The van der Waals surface area contributed by atoms with Crippen LogP contribution in [0.25, 0.3) is 11.4 Å². The zero-order valence-corrected chi connectivity index (χ0v) is 14.8. The maximum Gasteiger partial charge on any atom is 0.241 e. The van der Waals surface area contributed by atoms with Crippen molar-refractivity contribution in [2.24, 2.45) is 4.99 Å². The molecule has 0 radical (unpaired) electrons. The predicted octanol–water partition coefficient (Wildman–Crippen LogP) is 2.33. The van der Waals surface area contributed by atoms with Gasteiger partial charge in [-0.25, -0.2) is 0 Å². The quantitative estimate of drug-likeness (QED) is 0.844. The fraction of sp³-hybridized carbons (Fsp3) is 0.562. The summed E-state index contributed by atoms with van der Waals surface area (Å²) in [6, 6.07) is 1.83. The molecule has 7 nitrogen and oxygen atoms in total. The Labute approximate surface area is 145 Å². The van der Waals surface area contributed by atoms with Crippen LogP contribution >= 0.6 is 11.8 Å². The number of rotatable bonds is 3. The first-order chi connectivity index (χ1) is 11.6. The van der Waals surface area contributed by atoms with E-state index in [9.17, 15) is 0 Å². The molecule has 0 unspecified atom stereocenters. The van der Waals surface area contributed by atoms with E-state index in [-0.39, 0.29) is 4.75 Å². The molecule has 0 N–H and O–H groups in total. The highest BCUT2D eigenvalue weighted by atomic mass is 32.2. The monoisotopic (exact) mass is 347 g/mol. The van der Waals surface area contributed by atoms with E-state index in [4.69, 9.17) is 13.9 Å². The maximum atomic E-state index is 5.36. The van der Waals surface area contributed by atoms with Gasteiger partial charge in [-0.05, 0) is 19.9 Å². The minimum absolute atomic E-state index is 0.236. The molecule has 8 heteroatoms. The molecule has 0 aromatic carbocycles. The first kappa shape index (κ1) is 15.7. The predicted molar refractivity (Wildman–Crippen MR) is 92.8 cm³/mol. The van der Waals surface area contributed by atoms with Crippen LogP contribution < -0.4 is 0 Å². The molecule has 2 aromatic rings. The van der Waals surface area contributed by atoms with Crippen molar-refractivity contribution in [1.29, 1.82) is 0 Å². The summed E-state index contributed by atoms with van der Waals surface area (Å²) in [5.41, 5.74) is 0.841. The van der Waals surface area contributed by atoms with Gasteiger partial charge >= 0.3 is 0 Å². The molecule has 4 heterocycles. The zero-order valence-electron chi connectivity index (χ0n) is 13.9. The number of furan rings is 1. The Morgan fingerprint density at radius 1 is 1.25 bits per heavy atom. The minimum Gasteiger partial charge on any atom is -0.472 e. The van der Waals surface area contributed by atoms with Gasteiger partial charge < -0.3 is 13.8 Å². The summed E-state index contributed by atoms with van der Waals surface area (Å²) in [5, 5.41) is 5.21. The molecule has 4 rings (SSSR count). The van der Waals surface area contributed by atoms with Gasteiger partial charge in [-0.2, -0.15) is 4.98 Å². The molecule has 0 bridgehead atoms. The lowest BCUT2D eigenvalue weighted by Crippen LogP contribution is -2.47. The van der Waals surface area contributed by atoms with Crippen LogP contribution in [0.3, 0.4) is 0 Å². The lowest BCUT2D eigenvalue weighted by Gasteiger charge is -2.35. The van der Waals surface area contributed by atoms with Crippen molar-refractivity contribution in [3.63, 3.8) is 0 Å². The molecular formula is C16H21N5O2S. The second-order valence-electron chi connectivity index (χ2n) is 6.75. The number of amidine groups is 1. The van der Waals surface area contributed by atoms with Crippen LogP contribution in [0.4, 0.5) is 0 Å². The summed E-state index contributed by atoms with van der Waals surface area (Å²) in [6.07, 6.45) is 3.23. The number of thioether (sulfide) groups is 1. The highest BCUT2D eigenvalue weighted by Gasteiger charge is 2.31. The van der Waals surface area contributed by atoms with Crippen LogP contribution in [-0.4, -0.2) is 62.6 Å². The van der Waals surface area contributed by atoms with Crippen LogP contribution in [0, 0.1) is 0 Å². The van der Waals surface area contributed by atoms with Crippen molar-refractivity contribution in [1.82, 2.24) is 19.9 Å². The van der Waals surface area contributed by atoms with E-state index in [0.29, 0.717) is 18.3 Å². The van der Waals surface area contributed by atoms with E-state index < -0.39 is 0 Å². The number of piperazine rings is 1. The van der Waals surface area contributed by atoms with Gasteiger partial charge in [0.15, 0.2) is 5.17 Å². The van der Waals surface area contributed by atoms with Crippen molar-refractivity contribution in [3.05, 3.63) is 24.5 Å². The Balaban J connectivity index is 1.31. The van der Waals surface area contributed by atoms with Gasteiger partial charge in [0.1, 0.15) is 6.26 Å². The molecule has 2 aromatic heterocycles. The van der Waals surface area contributed by atoms with Crippen molar-refractivity contribution in [2.45, 2.75) is 25.1 Å². The average molecular weight is 347 g/mol. The van der Waals surface area contributed by atoms with Crippen molar-refractivity contribution >= 4 is 16.9 Å². The molecule has 0 amide bonds. The van der Waals surface area contributed by atoms with E-state index in [1.165, 1.54) is 5.17 Å². The molecule has 1 fully saturated rings. The molecule has 0 saturated carbocycles. The lowest BCUT2D eigenvalue weighted by atomic mass is 10.2. The van der Waals surface area contributed by atoms with Crippen LogP contribution in [0.1, 0.15) is 19.7 Å². The highest BCUT2D eigenvalue weighted by molar-refractivity contribution is 8.15. The van der Waals surface area contributed by atoms with Gasteiger partial charge in [0, 0.05) is 30.9 Å². The Bertz CT molecular complexity index is 717. The highest BCUT2D eigenvalue weighted by Crippen LogP contribution is 2.33. The van der Waals surface area contributed by atoms with E-state index in [0.717, 1.165) is 38.3 Å². The van der Waals surface area contributed by atoms with Gasteiger partial charge in [-0.15, -0.1) is 0 Å². The summed E-state index contributed by atoms with van der Waals surface area (Å²) in [7, 11) is 0. The van der Waals surface area contributed by atoms with Crippen LogP contribution in [0.5, 0.6) is 0 Å². The van der Waals surface area contributed by atoms with Crippen LogP contribution in [0.15, 0.2) is 32.5 Å². The molecular weight excluding hydrogens is 326 g/mol. The Morgan fingerprint density at radius 3 is 2.75 bits per heavy atom. The fourth-order valence-electron chi connectivity index (χ4n) is 2.85. The number of hydrogen-bond donors (Lipinski definition) is 0. The normalized spacial score (nSPS) is 21.2. The summed E-state index contributed by atoms with van der Waals surface area (Å²) in [4.78, 5) is 13.9. The smallest absolute Gasteiger partial charge is 0.241 e. The third kappa shape index (κ3) is 3.34. The second-order valence-corrected chi connectivity index (χ2v) is 8.42. The SMILES string of the molecule is CC1(C)CN=C(N2CCN(Cc3nc(-c4ccoc4)no3)CC2)S1. The lowest BCUT2D eigenvalue weighted by molar-refractivity contribution is 0.159. The van der Waals surface area contributed by atoms with Crippen molar-refractivity contribution in [3.8, 4) is 11.4 Å². The molecule has 1 saturated heterocycles. The molecule has 24 heavy (non-hydrogen) atoms. The van der Waals surface area contributed by atoms with E-state index in [1.807, 2.05) is 17.8 Å². The van der Waals surface area contributed by atoms with Gasteiger partial charge in [0.25, 0.3) is 0 Å². The molecule has 0 aliphatic carbocycles. The fourth-order valence-corrected chi connectivity index (χ4v) is 3.91. The van der Waals surface area contributed by atoms with Gasteiger partial charge in [-0.1, -0.05) is 16.9 Å². The zero-order chi connectivity index (χ0) is 16.6. The number of aliphatic imine (C=N–C) groups is 1. The Morgan fingerprint density at radius 2 is 2.08 bits per heavy atom. The Hall–Kier alpha value is -1.80. The van der Waals surface area contributed by atoms with Gasteiger partial charge in [-0.3, -0.25) is 9.89 Å². The summed E-state index contributed by atoms with van der Waals surface area (Å²) in [5.74, 6) is 1.23. The number of hydrogen-bond acceptors (Lipinski definition) is 8. The maximum absolute atomic E-state index is 5.36. The molecule has 0 atom stereocenters. The largest absolute Gasteiger partial charge is 0.472 e. The van der Waals surface area contributed by atoms with E-state index >= 15 is 0 Å². The van der Waals surface area contributed by atoms with Gasteiger partial charge in [0.05, 0.1) is 24.9 Å². The van der Waals surface area contributed by atoms with E-state index in [2.05, 4.69) is 33.8 Å². The van der Waals surface area contributed by atoms with Crippen molar-refractivity contribution in [2.75, 3.05) is 32.7 Å². The van der Waals surface area contributed by atoms with E-state index in [1.54, 1.807) is 12.5 Å². The molecule has 2 aliphatic rings. The summed E-state index contributed by atoms with van der Waals surface area (Å²) < 4.78 is 10.6. The molecule has 2 aliphatic heterocycles. The number of nitrogens with zero attached hydrogens (tertiary/aromatic N) is 5. The third-order valence-electron chi connectivity index (χ3n) is 4.21. The summed E-state index contributed by atoms with van der Waals surface area (Å²) >= 11 is 1.89. The third-order valence-corrected chi connectivity index (χ3v) is 5.46. The standard InChI is InChI=1S/C16H21N5O2S/c1-16(2)11-17-15(24-16)21-6-4-20(5-7-21)9-13-18-14(19-23-13)12-3-8-22-10-12/h3,8,10H,4-7,9,11H2,1-2H3. The van der Waals surface area contributed by atoms with Crippen LogP contribution in [0.2, 0.25) is 0 Å². The second kappa shape index (κ2) is 6.25. The topological polar surface area (TPSA) is 70.9 Å². The van der Waals surface area contributed by atoms with Crippen LogP contribution in [-0.2, 0) is 6.54 Å². The Kier molecular flexibility index (Phi) is 4.09. The average Bonchev–Trinajstić information content (AvgIpc) is 3.28. The molecule has 128 valence electrons. The first-order valence-corrected chi connectivity index (χ1v) is 8.97. The first-order valence-electron chi connectivity index (χ1n) is 8.15. The minimum atomic E-state index is 0.236. The van der Waals surface area contributed by atoms with Crippen molar-refractivity contribution < 1.29 is 8.94 Å². The summed E-state index contributed by atoms with van der Waals surface area (Å²) in [6.45, 7) is 10.0. The van der Waals surface area contributed by atoms with Gasteiger partial charge in [0.2, 0.25) is 11.7 Å². The molecule has 0 spiro atoms. The number of aromatic nitrogens is 2.